The molecule has 0 unspecified atom stereocenters. The quantitative estimate of drug-likeness (QED) is 0.174. The van der Waals surface area contributed by atoms with Gasteiger partial charge in [-0.2, -0.15) is 4.99 Å². The van der Waals surface area contributed by atoms with E-state index in [0.29, 0.717) is 10.0 Å². The zero-order chi connectivity index (χ0) is 21.9. The van der Waals surface area contributed by atoms with Gasteiger partial charge in [0.15, 0.2) is 0 Å². The van der Waals surface area contributed by atoms with Crippen LogP contribution in [0, 0.1) is 5.82 Å². The zero-order valence-corrected chi connectivity index (χ0v) is 17.2. The van der Waals surface area contributed by atoms with Gasteiger partial charge in [-0.15, -0.1) is 0 Å². The van der Waals surface area contributed by atoms with Crippen LogP contribution in [0.1, 0.15) is 0 Å². The van der Waals surface area contributed by atoms with E-state index in [1.54, 1.807) is 7.05 Å². The first kappa shape index (κ1) is 22.1. The Bertz CT molecular complexity index is 1010. The summed E-state index contributed by atoms with van der Waals surface area (Å²) >= 11 is 1.12. The second-order valence-electron chi connectivity index (χ2n) is 5.95. The zero-order valence-electron chi connectivity index (χ0n) is 15.5. The Hall–Kier alpha value is -2.61. The number of halogens is 1. The molecule has 162 valence electrons. The highest BCUT2D eigenvalue weighted by molar-refractivity contribution is 7.46. The van der Waals surface area contributed by atoms with Gasteiger partial charge in [0.2, 0.25) is 11.1 Å². The minimum Gasteiger partial charge on any atom is -0.441 e. The molecule has 0 radical (unpaired) electrons. The molecule has 2 aromatic rings. The van der Waals surface area contributed by atoms with Gasteiger partial charge in [0.1, 0.15) is 11.9 Å². The molecule has 1 aromatic carbocycles. The number of aromatic nitrogens is 1. The molecule has 1 aliphatic rings. The fourth-order valence-corrected chi connectivity index (χ4v) is 3.76. The van der Waals surface area contributed by atoms with E-state index in [2.05, 4.69) is 25.4 Å². The van der Waals surface area contributed by atoms with E-state index < -0.39 is 32.4 Å². The number of amides is 1. The minimum atomic E-state index is -4.69. The van der Waals surface area contributed by atoms with Crippen LogP contribution >= 0.6 is 19.2 Å². The minimum absolute atomic E-state index is 0.0468. The van der Waals surface area contributed by atoms with E-state index in [9.17, 15) is 13.8 Å². The molecule has 1 atom stereocenters. The number of aliphatic imine (C=N–C) groups is 1. The van der Waals surface area contributed by atoms with Crippen LogP contribution in [0.15, 0.2) is 29.4 Å². The van der Waals surface area contributed by atoms with Crippen molar-refractivity contribution in [2.45, 2.75) is 6.10 Å². The summed E-state index contributed by atoms with van der Waals surface area (Å²) in [6.45, 7) is -0.530. The normalized spacial score (nSPS) is 17.3. The van der Waals surface area contributed by atoms with Crippen LogP contribution in [0.25, 0.3) is 10.4 Å². The predicted octanol–water partition coefficient (Wildman–Crippen LogP) is 1.05. The Morgan fingerprint density at radius 1 is 1.57 bits per heavy atom. The Morgan fingerprint density at radius 2 is 2.33 bits per heavy atom. The van der Waals surface area contributed by atoms with E-state index in [1.807, 2.05) is 0 Å². The number of rotatable bonds is 7. The van der Waals surface area contributed by atoms with Crippen molar-refractivity contribution in [3.05, 3.63) is 30.2 Å². The largest absolute Gasteiger partial charge is 0.469 e. The van der Waals surface area contributed by atoms with Crippen molar-refractivity contribution < 1.29 is 32.8 Å². The monoisotopic (exact) mass is 460 g/mol. The molecular formula is C15H18FN6O6PS. The van der Waals surface area contributed by atoms with Gasteiger partial charge in [-0.25, -0.2) is 24.2 Å². The fraction of sp³-hybridized carbons (Fsp3) is 0.267. The van der Waals surface area contributed by atoms with E-state index in [0.717, 1.165) is 22.3 Å². The molecule has 30 heavy (non-hydrogen) atoms. The topological polar surface area (TPSA) is 172 Å². The lowest BCUT2D eigenvalue weighted by Crippen LogP contribution is -2.39. The smallest absolute Gasteiger partial charge is 0.441 e. The Morgan fingerprint density at radius 3 is 3.00 bits per heavy atom. The molecule has 1 aromatic heterocycles. The summed E-state index contributed by atoms with van der Waals surface area (Å²) in [5, 5.41) is 0.324. The van der Waals surface area contributed by atoms with Crippen LogP contribution in [0.3, 0.4) is 0 Å². The first-order valence-electron chi connectivity index (χ1n) is 8.37. The van der Waals surface area contributed by atoms with Gasteiger partial charge in [0.05, 0.1) is 23.7 Å². The molecule has 1 amide bonds. The lowest BCUT2D eigenvalue weighted by Gasteiger charge is -2.14. The van der Waals surface area contributed by atoms with E-state index in [-0.39, 0.29) is 23.8 Å². The average molecular weight is 460 g/mol. The number of phosphoric ester groups is 1. The Kier molecular flexibility index (Phi) is 6.65. The number of benzene rings is 1. The number of nitrogens with zero attached hydrogens (tertiary/aromatic N) is 3. The summed E-state index contributed by atoms with van der Waals surface area (Å²) < 4.78 is 34.8. The molecule has 1 aliphatic heterocycles. The number of thiazole rings is 1. The molecule has 2 heterocycles. The van der Waals surface area contributed by atoms with E-state index in [4.69, 9.17) is 20.3 Å². The lowest BCUT2D eigenvalue weighted by molar-refractivity contribution is 0.0880. The van der Waals surface area contributed by atoms with Crippen LogP contribution in [-0.2, 0) is 13.8 Å². The van der Waals surface area contributed by atoms with E-state index in [1.165, 1.54) is 18.3 Å². The molecule has 0 bridgehead atoms. The average Bonchev–Trinajstić information content (AvgIpc) is 3.26. The van der Waals surface area contributed by atoms with Crippen molar-refractivity contribution in [3.8, 4) is 10.4 Å². The van der Waals surface area contributed by atoms with Crippen LogP contribution in [-0.4, -0.2) is 53.1 Å². The maximum atomic E-state index is 14.7. The summed E-state index contributed by atoms with van der Waals surface area (Å²) in [6.07, 6.45) is -0.219. The highest BCUT2D eigenvalue weighted by atomic mass is 32.1. The predicted molar refractivity (Wildman–Crippen MR) is 107 cm³/mol. The SMILES string of the molecule is CNN/C(N)=N\c1ncc(-c2ccc(N3C[C@H](COP(=O)(O)O)OC3=O)cc2F)s1. The lowest BCUT2D eigenvalue weighted by atomic mass is 10.1. The number of cyclic esters (lactones) is 1. The number of nitrogens with two attached hydrogens (primary N) is 1. The highest BCUT2D eigenvalue weighted by Crippen LogP contribution is 2.37. The standard InChI is InChI=1S/C15H18FN6O6PS/c1-18-21-13(17)20-14-19-5-12(30-14)10-3-2-8(4-11(10)16)22-6-9(28-15(22)23)7-27-29(24,25)26/h2-5,9,18H,6-7H2,1H3,(H2,24,25,26)(H3,17,19,20,21)/t9-/m1/s1. The van der Waals surface area contributed by atoms with Crippen molar-refractivity contribution in [2.24, 2.45) is 10.7 Å². The van der Waals surface area contributed by atoms with Gasteiger partial charge in [-0.1, -0.05) is 11.3 Å². The molecular weight excluding hydrogens is 442 g/mol. The second-order valence-corrected chi connectivity index (χ2v) is 8.19. The first-order chi connectivity index (χ1) is 14.2. The number of hydrogen-bond donors (Lipinski definition) is 5. The Labute approximate surface area is 173 Å². The molecule has 0 aliphatic carbocycles. The summed E-state index contributed by atoms with van der Waals surface area (Å²) in [7, 11) is -3.07. The number of guanidine groups is 1. The summed E-state index contributed by atoms with van der Waals surface area (Å²) in [5.41, 5.74) is 11.3. The van der Waals surface area contributed by atoms with Crippen LogP contribution < -0.4 is 21.5 Å². The maximum Gasteiger partial charge on any atom is 0.469 e. The fourth-order valence-electron chi connectivity index (χ4n) is 2.57. The van der Waals surface area contributed by atoms with Crippen molar-refractivity contribution >= 4 is 42.0 Å². The van der Waals surface area contributed by atoms with Crippen LogP contribution in [0.4, 0.5) is 20.0 Å². The molecule has 6 N–H and O–H groups in total. The van der Waals surface area contributed by atoms with Gasteiger partial charge in [-0.3, -0.25) is 14.8 Å². The van der Waals surface area contributed by atoms with Gasteiger partial charge in [-0.05, 0) is 18.2 Å². The van der Waals surface area contributed by atoms with Crippen molar-refractivity contribution in [1.29, 1.82) is 0 Å². The summed E-state index contributed by atoms with van der Waals surface area (Å²) in [4.78, 5) is 39.2. The van der Waals surface area contributed by atoms with Crippen molar-refractivity contribution in [1.82, 2.24) is 15.8 Å². The van der Waals surface area contributed by atoms with Crippen LogP contribution in [0.5, 0.6) is 0 Å². The molecule has 0 spiro atoms. The first-order valence-corrected chi connectivity index (χ1v) is 10.7. The number of hydrogen-bond acceptors (Lipinski definition) is 8. The third-order valence-electron chi connectivity index (χ3n) is 3.80. The number of nitrogens with one attached hydrogen (secondary N) is 2. The third-order valence-corrected chi connectivity index (χ3v) is 5.21. The number of phosphoric acid groups is 1. The second kappa shape index (κ2) is 9.04. The van der Waals surface area contributed by atoms with Crippen molar-refractivity contribution in [2.75, 3.05) is 25.1 Å². The third kappa shape index (κ3) is 5.50. The number of hydrazine groups is 1. The maximum absolute atomic E-state index is 14.7. The van der Waals surface area contributed by atoms with Gasteiger partial charge in [0, 0.05) is 18.8 Å². The van der Waals surface area contributed by atoms with Gasteiger partial charge >= 0.3 is 13.9 Å². The number of anilines is 1. The summed E-state index contributed by atoms with van der Waals surface area (Å²) in [5.74, 6) is -0.505. The highest BCUT2D eigenvalue weighted by Gasteiger charge is 2.34. The molecule has 1 fully saturated rings. The molecule has 3 rings (SSSR count). The number of carbonyl (C=O) groups is 1. The van der Waals surface area contributed by atoms with E-state index >= 15 is 0 Å². The van der Waals surface area contributed by atoms with Crippen LogP contribution in [0.2, 0.25) is 0 Å². The molecule has 0 saturated carbocycles. The van der Waals surface area contributed by atoms with Gasteiger partial charge in [0.25, 0.3) is 0 Å². The van der Waals surface area contributed by atoms with Gasteiger partial charge < -0.3 is 20.3 Å². The number of ether oxygens (including phenoxy) is 1. The molecule has 15 heteroatoms. The number of carbonyl (C=O) groups excluding carboxylic acids is 1. The van der Waals surface area contributed by atoms with Crippen molar-refractivity contribution in [3.63, 3.8) is 0 Å². The Balaban J connectivity index is 1.73. The molecule has 12 nitrogen and oxygen atoms in total. The summed E-state index contributed by atoms with van der Waals surface area (Å²) in [6, 6.07) is 4.15. The molecule has 1 saturated heterocycles.